The molecule has 0 saturated heterocycles. The molecular weight excluding hydrogens is 390 g/mol. The van der Waals surface area contributed by atoms with Crippen LogP contribution in [0, 0.1) is 0 Å². The fourth-order valence-electron chi connectivity index (χ4n) is 2.81. The van der Waals surface area contributed by atoms with Crippen molar-refractivity contribution < 1.29 is 33.0 Å². The maximum absolute atomic E-state index is 12.3. The Balaban J connectivity index is 1.24. The van der Waals surface area contributed by atoms with Crippen molar-refractivity contribution in [3.8, 4) is 17.2 Å². The summed E-state index contributed by atoms with van der Waals surface area (Å²) in [5.41, 5.74) is 1.37. The predicted octanol–water partition coefficient (Wildman–Crippen LogP) is 3.06. The number of fused-ring (bicyclic) bond motifs is 1. The Morgan fingerprint density at radius 1 is 1.00 bits per heavy atom. The van der Waals surface area contributed by atoms with Crippen molar-refractivity contribution in [2.45, 2.75) is 13.2 Å². The van der Waals surface area contributed by atoms with Gasteiger partial charge in [0.25, 0.3) is 5.91 Å². The molecule has 4 rings (SSSR count). The summed E-state index contributed by atoms with van der Waals surface area (Å²) in [6.07, 6.45) is 1.37. The summed E-state index contributed by atoms with van der Waals surface area (Å²) >= 11 is 0. The molecule has 0 unspecified atom stereocenters. The molecule has 8 nitrogen and oxygen atoms in total. The van der Waals surface area contributed by atoms with E-state index in [1.54, 1.807) is 18.2 Å². The van der Waals surface area contributed by atoms with Gasteiger partial charge >= 0.3 is 5.97 Å². The third-order valence-electron chi connectivity index (χ3n) is 4.33. The third kappa shape index (κ3) is 4.72. The zero-order valence-electron chi connectivity index (χ0n) is 16.0. The molecule has 0 spiro atoms. The van der Waals surface area contributed by atoms with Gasteiger partial charge in [-0.05, 0) is 35.9 Å². The Morgan fingerprint density at radius 3 is 2.70 bits per heavy atom. The van der Waals surface area contributed by atoms with Gasteiger partial charge in [-0.2, -0.15) is 0 Å². The van der Waals surface area contributed by atoms with E-state index in [2.05, 4.69) is 5.32 Å². The first-order valence-corrected chi connectivity index (χ1v) is 9.25. The van der Waals surface area contributed by atoms with E-state index in [0.29, 0.717) is 22.8 Å². The van der Waals surface area contributed by atoms with Gasteiger partial charge < -0.3 is 28.7 Å². The molecular formula is C22H19NO7. The Kier molecular flexibility index (Phi) is 5.84. The summed E-state index contributed by atoms with van der Waals surface area (Å²) < 4.78 is 26.4. The smallest absolute Gasteiger partial charge is 0.375 e. The SMILES string of the molecule is O=C(COC(=O)c1occc1COc1ccccc1)NCc1ccc2c(c1)OCO2. The van der Waals surface area contributed by atoms with Crippen molar-refractivity contribution in [3.63, 3.8) is 0 Å². The molecule has 1 aromatic heterocycles. The highest BCUT2D eigenvalue weighted by Gasteiger charge is 2.19. The second-order valence-corrected chi connectivity index (χ2v) is 6.42. The van der Waals surface area contributed by atoms with Gasteiger partial charge in [0.2, 0.25) is 12.6 Å². The highest BCUT2D eigenvalue weighted by atomic mass is 16.7. The molecule has 0 bridgehead atoms. The highest BCUT2D eigenvalue weighted by molar-refractivity contribution is 5.90. The molecule has 0 saturated carbocycles. The maximum Gasteiger partial charge on any atom is 0.375 e. The van der Waals surface area contributed by atoms with E-state index in [-0.39, 0.29) is 25.7 Å². The molecule has 1 N–H and O–H groups in total. The molecule has 1 amide bonds. The summed E-state index contributed by atoms with van der Waals surface area (Å²) in [5.74, 6) is 0.815. The van der Waals surface area contributed by atoms with Gasteiger partial charge in [-0.3, -0.25) is 4.79 Å². The molecule has 0 radical (unpaired) electrons. The fraction of sp³-hybridized carbons (Fsp3) is 0.182. The van der Waals surface area contributed by atoms with Crippen LogP contribution in [0.3, 0.4) is 0 Å². The van der Waals surface area contributed by atoms with Crippen LogP contribution in [0.15, 0.2) is 65.3 Å². The van der Waals surface area contributed by atoms with Crippen LogP contribution in [0.4, 0.5) is 0 Å². The van der Waals surface area contributed by atoms with Crippen molar-refractivity contribution in [2.75, 3.05) is 13.4 Å². The van der Waals surface area contributed by atoms with Gasteiger partial charge in [0.15, 0.2) is 18.1 Å². The molecule has 2 aromatic carbocycles. The lowest BCUT2D eigenvalue weighted by Crippen LogP contribution is -2.28. The summed E-state index contributed by atoms with van der Waals surface area (Å²) in [5, 5.41) is 2.68. The van der Waals surface area contributed by atoms with Crippen LogP contribution < -0.4 is 19.5 Å². The third-order valence-corrected chi connectivity index (χ3v) is 4.33. The normalized spacial score (nSPS) is 11.7. The number of benzene rings is 2. The number of esters is 1. The van der Waals surface area contributed by atoms with Crippen LogP contribution in [-0.4, -0.2) is 25.3 Å². The lowest BCUT2D eigenvalue weighted by atomic mass is 10.2. The number of para-hydroxylation sites is 1. The number of hydrogen-bond acceptors (Lipinski definition) is 7. The van der Waals surface area contributed by atoms with E-state index in [1.807, 2.05) is 36.4 Å². The minimum atomic E-state index is -0.732. The monoisotopic (exact) mass is 409 g/mol. The van der Waals surface area contributed by atoms with E-state index in [4.69, 9.17) is 23.4 Å². The van der Waals surface area contributed by atoms with Gasteiger partial charge in [-0.1, -0.05) is 24.3 Å². The second-order valence-electron chi connectivity index (χ2n) is 6.42. The van der Waals surface area contributed by atoms with Gasteiger partial charge in [-0.15, -0.1) is 0 Å². The summed E-state index contributed by atoms with van der Waals surface area (Å²) in [7, 11) is 0. The topological polar surface area (TPSA) is 96.2 Å². The van der Waals surface area contributed by atoms with Crippen molar-refractivity contribution in [2.24, 2.45) is 0 Å². The molecule has 0 aliphatic carbocycles. The van der Waals surface area contributed by atoms with Gasteiger partial charge in [0, 0.05) is 12.1 Å². The van der Waals surface area contributed by atoms with Crippen LogP contribution in [0.1, 0.15) is 21.7 Å². The van der Waals surface area contributed by atoms with Crippen LogP contribution in [-0.2, 0) is 22.7 Å². The molecule has 2 heterocycles. The van der Waals surface area contributed by atoms with Gasteiger partial charge in [0.05, 0.1) is 6.26 Å². The van der Waals surface area contributed by atoms with E-state index < -0.39 is 18.5 Å². The molecule has 30 heavy (non-hydrogen) atoms. The molecule has 8 heteroatoms. The molecule has 154 valence electrons. The average Bonchev–Trinajstić information content (AvgIpc) is 3.44. The molecule has 1 aliphatic rings. The minimum absolute atomic E-state index is 0.00880. The van der Waals surface area contributed by atoms with E-state index >= 15 is 0 Å². The first-order valence-electron chi connectivity index (χ1n) is 9.25. The minimum Gasteiger partial charge on any atom is -0.489 e. The lowest BCUT2D eigenvalue weighted by molar-refractivity contribution is -0.124. The van der Waals surface area contributed by atoms with Crippen LogP contribution in [0.25, 0.3) is 0 Å². The number of carbonyl (C=O) groups excluding carboxylic acids is 2. The fourth-order valence-corrected chi connectivity index (χ4v) is 2.81. The van der Waals surface area contributed by atoms with Gasteiger partial charge in [0.1, 0.15) is 12.4 Å². The standard InChI is InChI=1S/C22H19NO7/c24-20(23-11-15-6-7-18-19(10-15)30-14-29-18)13-28-22(25)21-16(8-9-26-21)12-27-17-4-2-1-3-5-17/h1-10H,11-14H2,(H,23,24). The molecule has 0 atom stereocenters. The van der Waals surface area contributed by atoms with Crippen LogP contribution in [0.2, 0.25) is 0 Å². The lowest BCUT2D eigenvalue weighted by Gasteiger charge is -2.08. The molecule has 0 fully saturated rings. The predicted molar refractivity (Wildman–Crippen MR) is 104 cm³/mol. The van der Waals surface area contributed by atoms with E-state index in [0.717, 1.165) is 5.56 Å². The molecule has 1 aliphatic heterocycles. The zero-order valence-corrected chi connectivity index (χ0v) is 16.0. The number of furan rings is 1. The number of nitrogens with one attached hydrogen (secondary N) is 1. The van der Waals surface area contributed by atoms with E-state index in [1.165, 1.54) is 6.26 Å². The Hall–Kier alpha value is -3.94. The Morgan fingerprint density at radius 2 is 1.83 bits per heavy atom. The van der Waals surface area contributed by atoms with Crippen molar-refractivity contribution in [3.05, 3.63) is 77.7 Å². The van der Waals surface area contributed by atoms with E-state index in [9.17, 15) is 9.59 Å². The summed E-state index contributed by atoms with van der Waals surface area (Å²) in [6.45, 7) is 0.167. The average molecular weight is 409 g/mol. The first-order chi connectivity index (χ1) is 14.7. The number of amides is 1. The highest BCUT2D eigenvalue weighted by Crippen LogP contribution is 2.32. The van der Waals surface area contributed by atoms with Gasteiger partial charge in [-0.25, -0.2) is 4.79 Å². The zero-order chi connectivity index (χ0) is 20.8. The number of ether oxygens (including phenoxy) is 4. The largest absolute Gasteiger partial charge is 0.489 e. The molecule has 3 aromatic rings. The van der Waals surface area contributed by atoms with Crippen molar-refractivity contribution in [1.29, 1.82) is 0 Å². The van der Waals surface area contributed by atoms with Crippen LogP contribution >= 0.6 is 0 Å². The number of carbonyl (C=O) groups is 2. The van der Waals surface area contributed by atoms with Crippen molar-refractivity contribution >= 4 is 11.9 Å². The van der Waals surface area contributed by atoms with Crippen LogP contribution in [0.5, 0.6) is 17.2 Å². The summed E-state index contributed by atoms with van der Waals surface area (Å²) in [4.78, 5) is 24.3. The Labute approximate surface area is 172 Å². The quantitative estimate of drug-likeness (QED) is 0.571. The maximum atomic E-state index is 12.3. The first kappa shape index (κ1) is 19.4. The number of hydrogen-bond donors (Lipinski definition) is 1. The summed E-state index contributed by atoms with van der Waals surface area (Å²) in [6, 6.07) is 16.2. The van der Waals surface area contributed by atoms with Crippen molar-refractivity contribution in [1.82, 2.24) is 5.32 Å². The second kappa shape index (κ2) is 9.04. The number of rotatable bonds is 8. The Bertz CT molecular complexity index is 1030.